The van der Waals surface area contributed by atoms with E-state index in [0.29, 0.717) is 0 Å². The first-order valence-electron chi connectivity index (χ1n) is 12.9. The third-order valence-electron chi connectivity index (χ3n) is 6.14. The molecule has 14 heteroatoms. The van der Waals surface area contributed by atoms with Gasteiger partial charge < -0.3 is 24.8 Å². The summed E-state index contributed by atoms with van der Waals surface area (Å²) in [5, 5.41) is 3.27. The summed E-state index contributed by atoms with van der Waals surface area (Å²) in [4.78, 5) is 64.0. The Kier molecular flexibility index (Phi) is 9.47. The van der Waals surface area contributed by atoms with Gasteiger partial charge in [0.1, 0.15) is 36.6 Å². The number of amides is 3. The summed E-state index contributed by atoms with van der Waals surface area (Å²) in [7, 11) is -4.15. The van der Waals surface area contributed by atoms with E-state index >= 15 is 0 Å². The van der Waals surface area contributed by atoms with Crippen molar-refractivity contribution in [2.45, 2.75) is 71.2 Å². The summed E-state index contributed by atoms with van der Waals surface area (Å²) in [5.41, 5.74) is -0.709. The third kappa shape index (κ3) is 7.63. The standard InChI is InChI=1S/C27H35N3O10S/c1-15(2)19(29-26(35)39-12-17-10-8-7-9-11-17)22(32)28-20-23(33)30-21(25(34)40-27(4,5)6)18(13-38-16(3)31)14-41(36,37)24(20)30/h7-11,15,19-20,24H,12-14H2,1-6H3,(H,28,32)(H,29,35). The molecule has 13 nitrogen and oxygen atoms in total. The van der Waals surface area contributed by atoms with Crippen LogP contribution in [0.1, 0.15) is 47.1 Å². The highest BCUT2D eigenvalue weighted by atomic mass is 32.2. The highest BCUT2D eigenvalue weighted by Gasteiger charge is 2.61. The van der Waals surface area contributed by atoms with Gasteiger partial charge >= 0.3 is 18.0 Å². The van der Waals surface area contributed by atoms with E-state index in [1.807, 2.05) is 6.07 Å². The molecule has 3 rings (SSSR count). The van der Waals surface area contributed by atoms with Crippen molar-refractivity contribution in [3.63, 3.8) is 0 Å². The average Bonchev–Trinajstić information content (AvgIpc) is 2.86. The van der Waals surface area contributed by atoms with Crippen LogP contribution in [-0.4, -0.2) is 78.6 Å². The van der Waals surface area contributed by atoms with E-state index in [1.54, 1.807) is 58.9 Å². The maximum Gasteiger partial charge on any atom is 0.408 e. The molecule has 2 N–H and O–H groups in total. The number of esters is 2. The average molecular weight is 594 g/mol. The summed E-state index contributed by atoms with van der Waals surface area (Å²) >= 11 is 0. The number of nitrogens with zero attached hydrogens (tertiary/aromatic N) is 1. The number of sulfone groups is 1. The Labute approximate surface area is 238 Å². The van der Waals surface area contributed by atoms with E-state index in [4.69, 9.17) is 14.2 Å². The van der Waals surface area contributed by atoms with Gasteiger partial charge in [0.25, 0.3) is 5.91 Å². The molecule has 0 radical (unpaired) electrons. The molecule has 1 aromatic carbocycles. The zero-order valence-electron chi connectivity index (χ0n) is 23.8. The largest absolute Gasteiger partial charge is 0.461 e. The molecule has 2 aliphatic rings. The lowest BCUT2D eigenvalue weighted by Gasteiger charge is -2.49. The van der Waals surface area contributed by atoms with Crippen LogP contribution in [0.15, 0.2) is 41.6 Å². The lowest BCUT2D eigenvalue weighted by Crippen LogP contribution is -2.75. The summed E-state index contributed by atoms with van der Waals surface area (Å²) in [6.45, 7) is 8.63. The quantitative estimate of drug-likeness (QED) is 0.240. The first-order valence-corrected chi connectivity index (χ1v) is 14.6. The zero-order chi connectivity index (χ0) is 30.7. The highest BCUT2D eigenvalue weighted by molar-refractivity contribution is 7.92. The van der Waals surface area contributed by atoms with E-state index in [2.05, 4.69) is 10.6 Å². The fraction of sp³-hybridized carbons (Fsp3) is 0.519. The highest BCUT2D eigenvalue weighted by Crippen LogP contribution is 2.38. The van der Waals surface area contributed by atoms with Crippen molar-refractivity contribution in [1.29, 1.82) is 0 Å². The van der Waals surface area contributed by atoms with Crippen LogP contribution in [0.25, 0.3) is 0 Å². The molecule has 2 heterocycles. The third-order valence-corrected chi connectivity index (χ3v) is 8.11. The van der Waals surface area contributed by atoms with Crippen LogP contribution in [0, 0.1) is 5.92 Å². The molecule has 0 aromatic heterocycles. The number of alkyl carbamates (subject to hydrolysis) is 1. The molecule has 3 amide bonds. The zero-order valence-corrected chi connectivity index (χ0v) is 24.6. The molecule has 0 bridgehead atoms. The van der Waals surface area contributed by atoms with E-state index in [9.17, 15) is 32.4 Å². The molecule has 3 atom stereocenters. The van der Waals surface area contributed by atoms with Gasteiger partial charge in [0.15, 0.2) is 15.2 Å². The van der Waals surface area contributed by atoms with Crippen LogP contribution in [0.3, 0.4) is 0 Å². The van der Waals surface area contributed by atoms with Gasteiger partial charge in [-0.25, -0.2) is 18.0 Å². The molecule has 0 spiro atoms. The van der Waals surface area contributed by atoms with Crippen molar-refractivity contribution >= 4 is 39.7 Å². The minimum Gasteiger partial charge on any atom is -0.461 e. The molecule has 1 saturated heterocycles. The Hall–Kier alpha value is -3.94. The lowest BCUT2D eigenvalue weighted by atomic mass is 9.99. The molecule has 1 aromatic rings. The molecule has 0 aliphatic carbocycles. The molecular weight excluding hydrogens is 558 g/mol. The fourth-order valence-electron chi connectivity index (χ4n) is 4.31. The number of hydrogen-bond acceptors (Lipinski definition) is 10. The van der Waals surface area contributed by atoms with Gasteiger partial charge in [-0.05, 0) is 32.3 Å². The maximum absolute atomic E-state index is 13.2. The van der Waals surface area contributed by atoms with Gasteiger partial charge in [0.05, 0.1) is 5.75 Å². The Morgan fingerprint density at radius 1 is 1.05 bits per heavy atom. The summed E-state index contributed by atoms with van der Waals surface area (Å²) < 4.78 is 42.0. The molecular formula is C27H35N3O10S. The molecule has 2 aliphatic heterocycles. The van der Waals surface area contributed by atoms with Crippen molar-refractivity contribution in [2.75, 3.05) is 12.4 Å². The van der Waals surface area contributed by atoms with Crippen LogP contribution in [0.5, 0.6) is 0 Å². The van der Waals surface area contributed by atoms with Crippen LogP contribution < -0.4 is 10.6 Å². The molecule has 1 fully saturated rings. The Morgan fingerprint density at radius 3 is 2.24 bits per heavy atom. The number of ether oxygens (including phenoxy) is 3. The minimum atomic E-state index is -4.15. The first-order chi connectivity index (χ1) is 19.0. The molecule has 224 valence electrons. The van der Waals surface area contributed by atoms with Crippen molar-refractivity contribution < 1.29 is 46.6 Å². The number of hydrogen-bond donors (Lipinski definition) is 2. The van der Waals surface area contributed by atoms with Crippen molar-refractivity contribution in [1.82, 2.24) is 15.5 Å². The Bertz CT molecular complexity index is 1350. The lowest BCUT2D eigenvalue weighted by molar-refractivity contribution is -0.159. The van der Waals surface area contributed by atoms with Crippen LogP contribution in [-0.2, 0) is 49.8 Å². The van der Waals surface area contributed by atoms with Crippen LogP contribution >= 0.6 is 0 Å². The minimum absolute atomic E-state index is 0.0368. The fourth-order valence-corrected chi connectivity index (χ4v) is 6.31. The van der Waals surface area contributed by atoms with Crippen molar-refractivity contribution in [3.8, 4) is 0 Å². The monoisotopic (exact) mass is 593 g/mol. The van der Waals surface area contributed by atoms with Crippen LogP contribution in [0.2, 0.25) is 0 Å². The predicted molar refractivity (Wildman–Crippen MR) is 144 cm³/mol. The molecule has 41 heavy (non-hydrogen) atoms. The van der Waals surface area contributed by atoms with Crippen LogP contribution in [0.4, 0.5) is 4.79 Å². The topological polar surface area (TPSA) is 174 Å². The number of rotatable bonds is 9. The Balaban J connectivity index is 1.80. The van der Waals surface area contributed by atoms with E-state index in [0.717, 1.165) is 17.4 Å². The maximum atomic E-state index is 13.2. The summed E-state index contributed by atoms with van der Waals surface area (Å²) in [6.07, 6.45) is -0.875. The van der Waals surface area contributed by atoms with Gasteiger partial charge in [-0.2, -0.15) is 0 Å². The number of nitrogens with one attached hydrogen (secondary N) is 2. The molecule has 0 saturated carbocycles. The van der Waals surface area contributed by atoms with E-state index < -0.39 is 81.0 Å². The second-order valence-corrected chi connectivity index (χ2v) is 13.2. The summed E-state index contributed by atoms with van der Waals surface area (Å²) in [6, 6.07) is 6.21. The van der Waals surface area contributed by atoms with E-state index in [1.165, 1.54) is 0 Å². The van der Waals surface area contributed by atoms with Crippen molar-refractivity contribution in [2.24, 2.45) is 5.92 Å². The summed E-state index contributed by atoms with van der Waals surface area (Å²) in [5.74, 6) is -4.52. The SMILES string of the molecule is CC(=O)OCC1=C(C(=O)OC(C)(C)C)N2C(=O)C(NC(=O)C(NC(=O)OCc3ccccc3)C(C)C)C2S(=O)(=O)C1. The second-order valence-electron chi connectivity index (χ2n) is 11.1. The Morgan fingerprint density at radius 2 is 1.68 bits per heavy atom. The number of carbonyl (C=O) groups excluding carboxylic acids is 5. The normalized spacial score (nSPS) is 20.4. The predicted octanol–water partition coefficient (Wildman–Crippen LogP) is 1.18. The number of β-lactam (4-membered cyclic amide) rings is 1. The number of fused-ring (bicyclic) bond motifs is 1. The van der Waals surface area contributed by atoms with Gasteiger partial charge in [-0.3, -0.25) is 19.3 Å². The van der Waals surface area contributed by atoms with E-state index in [-0.39, 0.29) is 17.9 Å². The van der Waals surface area contributed by atoms with Crippen molar-refractivity contribution in [3.05, 3.63) is 47.2 Å². The smallest absolute Gasteiger partial charge is 0.408 e. The first kappa shape index (κ1) is 31.6. The molecule has 3 unspecified atom stereocenters. The van der Waals surface area contributed by atoms with Gasteiger partial charge in [-0.1, -0.05) is 44.2 Å². The van der Waals surface area contributed by atoms with Gasteiger partial charge in [0.2, 0.25) is 5.91 Å². The van der Waals surface area contributed by atoms with Gasteiger partial charge in [-0.15, -0.1) is 0 Å². The number of benzene rings is 1. The van der Waals surface area contributed by atoms with Gasteiger partial charge in [0, 0.05) is 12.5 Å². The second kappa shape index (κ2) is 12.3. The number of carbonyl (C=O) groups is 5.